The van der Waals surface area contributed by atoms with Gasteiger partial charge < -0.3 is 4.74 Å². The molecule has 18 heavy (non-hydrogen) atoms. The van der Waals surface area contributed by atoms with Gasteiger partial charge >= 0.3 is 0 Å². The second-order valence-electron chi connectivity index (χ2n) is 4.03. The second kappa shape index (κ2) is 5.31. The highest BCUT2D eigenvalue weighted by molar-refractivity contribution is 6.29. The van der Waals surface area contributed by atoms with Crippen molar-refractivity contribution >= 4 is 11.6 Å². The zero-order valence-electron chi connectivity index (χ0n) is 10.0. The number of benzene rings is 1. The number of hydrogen-bond acceptors (Lipinski definition) is 3. The summed E-state index contributed by atoms with van der Waals surface area (Å²) >= 11 is 5.82. The first-order valence-electron chi connectivity index (χ1n) is 5.50. The third-order valence-corrected chi connectivity index (χ3v) is 2.42. The summed E-state index contributed by atoms with van der Waals surface area (Å²) in [6, 6.07) is 5.93. The van der Waals surface area contributed by atoms with Gasteiger partial charge in [-0.05, 0) is 26.0 Å². The van der Waals surface area contributed by atoms with Crippen molar-refractivity contribution < 1.29 is 9.13 Å². The molecule has 0 aliphatic carbocycles. The van der Waals surface area contributed by atoms with Crippen LogP contribution in [-0.2, 0) is 0 Å². The zero-order valence-corrected chi connectivity index (χ0v) is 10.8. The summed E-state index contributed by atoms with van der Waals surface area (Å²) in [6.07, 6.45) is 1.31. The quantitative estimate of drug-likeness (QED) is 0.794. The molecule has 0 spiro atoms. The predicted octanol–water partition coefficient (Wildman–Crippen LogP) is 3.72. The molecule has 0 aliphatic rings. The minimum absolute atomic E-state index is 0.0529. The van der Waals surface area contributed by atoms with Crippen molar-refractivity contribution in [2.75, 3.05) is 0 Å². The van der Waals surface area contributed by atoms with Gasteiger partial charge in [0, 0.05) is 17.7 Å². The van der Waals surface area contributed by atoms with E-state index in [0.717, 1.165) is 0 Å². The lowest BCUT2D eigenvalue weighted by Gasteiger charge is -2.14. The second-order valence-corrected chi connectivity index (χ2v) is 4.42. The molecule has 2 rings (SSSR count). The smallest absolute Gasteiger partial charge is 0.133 e. The molecule has 0 aliphatic heterocycles. The van der Waals surface area contributed by atoms with Crippen LogP contribution in [0, 0.1) is 5.82 Å². The third kappa shape index (κ3) is 2.96. The van der Waals surface area contributed by atoms with Crippen molar-refractivity contribution in [3.05, 3.63) is 41.6 Å². The van der Waals surface area contributed by atoms with Gasteiger partial charge in [-0.15, -0.1) is 0 Å². The van der Waals surface area contributed by atoms with Crippen LogP contribution in [0.5, 0.6) is 5.75 Å². The normalized spacial score (nSPS) is 10.7. The molecule has 1 aromatic carbocycles. The van der Waals surface area contributed by atoms with Gasteiger partial charge in [0.2, 0.25) is 0 Å². The molecule has 0 N–H and O–H groups in total. The van der Waals surface area contributed by atoms with Gasteiger partial charge in [0.15, 0.2) is 0 Å². The van der Waals surface area contributed by atoms with Gasteiger partial charge in [-0.3, -0.25) is 0 Å². The minimum atomic E-state index is -0.352. The highest BCUT2D eigenvalue weighted by atomic mass is 35.5. The average molecular weight is 267 g/mol. The van der Waals surface area contributed by atoms with Crippen LogP contribution < -0.4 is 4.74 Å². The Bertz CT molecular complexity index is 560. The Morgan fingerprint density at radius 1 is 1.22 bits per heavy atom. The van der Waals surface area contributed by atoms with Crippen molar-refractivity contribution in [2.45, 2.75) is 20.0 Å². The standard InChI is InChI=1S/C13H12ClFN2O/c1-8(2)18-12-5-9(15)3-4-10(12)11-6-13(14)17-7-16-11/h3-8H,1-2H3. The van der Waals surface area contributed by atoms with Crippen LogP contribution >= 0.6 is 11.6 Å². The molecule has 2 aromatic rings. The van der Waals surface area contributed by atoms with E-state index in [-0.39, 0.29) is 11.9 Å². The summed E-state index contributed by atoms with van der Waals surface area (Å²) in [6.45, 7) is 3.75. The Balaban J connectivity index is 2.49. The predicted molar refractivity (Wildman–Crippen MR) is 68.2 cm³/mol. The van der Waals surface area contributed by atoms with Gasteiger partial charge in [-0.1, -0.05) is 11.6 Å². The van der Waals surface area contributed by atoms with Crippen LogP contribution in [0.4, 0.5) is 4.39 Å². The summed E-state index contributed by atoms with van der Waals surface area (Å²) in [5.41, 5.74) is 1.29. The zero-order chi connectivity index (χ0) is 13.1. The Kier molecular flexibility index (Phi) is 3.77. The Labute approximate surface area is 110 Å². The highest BCUT2D eigenvalue weighted by Crippen LogP contribution is 2.30. The molecule has 0 fully saturated rings. The Hall–Kier alpha value is -1.68. The molecule has 5 heteroatoms. The molecule has 0 bridgehead atoms. The fourth-order valence-corrected chi connectivity index (χ4v) is 1.69. The maximum atomic E-state index is 13.3. The molecule has 0 radical (unpaired) electrons. The van der Waals surface area contributed by atoms with Crippen molar-refractivity contribution in [2.24, 2.45) is 0 Å². The van der Waals surface area contributed by atoms with E-state index in [9.17, 15) is 4.39 Å². The first kappa shape index (κ1) is 12.8. The van der Waals surface area contributed by atoms with E-state index < -0.39 is 0 Å². The molecule has 0 saturated carbocycles. The van der Waals surface area contributed by atoms with Gasteiger partial charge in [0.25, 0.3) is 0 Å². The Morgan fingerprint density at radius 3 is 2.67 bits per heavy atom. The summed E-state index contributed by atoms with van der Waals surface area (Å²) in [5.74, 6) is 0.0920. The molecule has 0 atom stereocenters. The van der Waals surface area contributed by atoms with Crippen molar-refractivity contribution in [3.8, 4) is 17.0 Å². The summed E-state index contributed by atoms with van der Waals surface area (Å²) in [7, 11) is 0. The van der Waals surface area contributed by atoms with E-state index in [4.69, 9.17) is 16.3 Å². The molecule has 1 aromatic heterocycles. The molecule has 94 valence electrons. The van der Waals surface area contributed by atoms with Crippen LogP contribution in [-0.4, -0.2) is 16.1 Å². The number of halogens is 2. The first-order valence-corrected chi connectivity index (χ1v) is 5.88. The number of hydrogen-bond donors (Lipinski definition) is 0. The van der Waals surface area contributed by atoms with Crippen LogP contribution in [0.1, 0.15) is 13.8 Å². The fraction of sp³-hybridized carbons (Fsp3) is 0.231. The summed E-state index contributed by atoms with van der Waals surface area (Å²) < 4.78 is 18.8. The number of rotatable bonds is 3. The molecular formula is C13H12ClFN2O. The number of aromatic nitrogens is 2. The number of ether oxygens (including phenoxy) is 1. The lowest BCUT2D eigenvalue weighted by atomic mass is 10.1. The highest BCUT2D eigenvalue weighted by Gasteiger charge is 2.11. The molecule has 3 nitrogen and oxygen atoms in total. The van der Waals surface area contributed by atoms with Crippen molar-refractivity contribution in [1.29, 1.82) is 0 Å². The molecule has 0 amide bonds. The topological polar surface area (TPSA) is 35.0 Å². The maximum absolute atomic E-state index is 13.3. The van der Waals surface area contributed by atoms with Crippen LogP contribution in [0.25, 0.3) is 11.3 Å². The Morgan fingerprint density at radius 2 is 2.00 bits per heavy atom. The van der Waals surface area contributed by atoms with E-state index >= 15 is 0 Å². The van der Waals surface area contributed by atoms with Crippen LogP contribution in [0.2, 0.25) is 5.15 Å². The maximum Gasteiger partial charge on any atom is 0.133 e. The van der Waals surface area contributed by atoms with Gasteiger partial charge in [-0.2, -0.15) is 0 Å². The molecule has 1 heterocycles. The number of nitrogens with zero attached hydrogens (tertiary/aromatic N) is 2. The van der Waals surface area contributed by atoms with Crippen molar-refractivity contribution in [3.63, 3.8) is 0 Å². The van der Waals surface area contributed by atoms with Crippen LogP contribution in [0.3, 0.4) is 0 Å². The first-order chi connectivity index (χ1) is 8.56. The van der Waals surface area contributed by atoms with E-state index in [2.05, 4.69) is 9.97 Å². The van der Waals surface area contributed by atoms with Gasteiger partial charge in [0.05, 0.1) is 11.8 Å². The summed E-state index contributed by atoms with van der Waals surface area (Å²) in [4.78, 5) is 7.92. The molecular weight excluding hydrogens is 255 g/mol. The SMILES string of the molecule is CC(C)Oc1cc(F)ccc1-c1cc(Cl)ncn1. The average Bonchev–Trinajstić information content (AvgIpc) is 2.28. The fourth-order valence-electron chi connectivity index (χ4n) is 1.54. The van der Waals surface area contributed by atoms with Crippen LogP contribution in [0.15, 0.2) is 30.6 Å². The lowest BCUT2D eigenvalue weighted by molar-refractivity contribution is 0.242. The minimum Gasteiger partial charge on any atom is -0.490 e. The van der Waals surface area contributed by atoms with Crippen molar-refractivity contribution in [1.82, 2.24) is 9.97 Å². The van der Waals surface area contributed by atoms with Gasteiger partial charge in [0.1, 0.15) is 23.0 Å². The van der Waals surface area contributed by atoms with Gasteiger partial charge in [-0.25, -0.2) is 14.4 Å². The molecule has 0 unspecified atom stereocenters. The van der Waals surface area contributed by atoms with E-state index in [1.165, 1.54) is 18.5 Å². The van der Waals surface area contributed by atoms with E-state index in [1.54, 1.807) is 12.1 Å². The van der Waals surface area contributed by atoms with E-state index in [1.807, 2.05) is 13.8 Å². The largest absolute Gasteiger partial charge is 0.490 e. The monoisotopic (exact) mass is 266 g/mol. The lowest BCUT2D eigenvalue weighted by Crippen LogP contribution is -2.07. The third-order valence-electron chi connectivity index (χ3n) is 2.22. The molecule has 0 saturated heterocycles. The summed E-state index contributed by atoms with van der Waals surface area (Å²) in [5, 5.41) is 0.333. The van der Waals surface area contributed by atoms with E-state index in [0.29, 0.717) is 22.2 Å².